The highest BCUT2D eigenvalue weighted by atomic mass is 16.8. The van der Waals surface area contributed by atoms with Crippen LogP contribution in [-0.2, 0) is 23.8 Å². The summed E-state index contributed by atoms with van der Waals surface area (Å²) in [5, 5.41) is 16.2. The SMILES string of the molecule is CC(=O)Nc1ccc(O[C@H]2O[C@@H]3COC(C)(C)O[C@@H]3[C@@H](O)[C@H]2NC(C)=O)cc1. The molecule has 2 fully saturated rings. The van der Waals surface area contributed by atoms with Gasteiger partial charge in [-0.2, -0.15) is 0 Å². The molecule has 0 spiro atoms. The number of anilines is 1. The number of ether oxygens (including phenoxy) is 4. The van der Waals surface area contributed by atoms with Gasteiger partial charge in [0.15, 0.2) is 5.79 Å². The van der Waals surface area contributed by atoms with Crippen LogP contribution in [0.5, 0.6) is 5.75 Å². The first kappa shape index (κ1) is 20.5. The minimum absolute atomic E-state index is 0.176. The number of aliphatic hydroxyl groups excluding tert-OH is 1. The lowest BCUT2D eigenvalue weighted by molar-refractivity contribution is -0.361. The molecule has 0 saturated carbocycles. The smallest absolute Gasteiger partial charge is 0.223 e. The van der Waals surface area contributed by atoms with Crippen molar-refractivity contribution in [3.63, 3.8) is 0 Å². The Kier molecular flexibility index (Phi) is 5.90. The molecule has 9 heteroatoms. The number of amides is 2. The molecule has 3 rings (SSSR count). The Bertz CT molecular complexity index is 721. The van der Waals surface area contributed by atoms with Crippen molar-refractivity contribution in [2.24, 2.45) is 0 Å². The molecule has 2 amide bonds. The highest BCUT2D eigenvalue weighted by molar-refractivity contribution is 5.88. The van der Waals surface area contributed by atoms with Crippen LogP contribution >= 0.6 is 0 Å². The van der Waals surface area contributed by atoms with Gasteiger partial charge < -0.3 is 34.7 Å². The summed E-state index contributed by atoms with van der Waals surface area (Å²) in [5.41, 5.74) is 0.624. The van der Waals surface area contributed by atoms with Crippen molar-refractivity contribution in [2.75, 3.05) is 11.9 Å². The van der Waals surface area contributed by atoms with Crippen molar-refractivity contribution in [3.8, 4) is 5.75 Å². The lowest BCUT2D eigenvalue weighted by Crippen LogP contribution is -2.69. The lowest BCUT2D eigenvalue weighted by Gasteiger charge is -2.49. The molecule has 2 aliphatic rings. The fourth-order valence-corrected chi connectivity index (χ4v) is 3.29. The monoisotopic (exact) mass is 394 g/mol. The number of hydrogen-bond donors (Lipinski definition) is 3. The maximum Gasteiger partial charge on any atom is 0.223 e. The van der Waals surface area contributed by atoms with E-state index >= 15 is 0 Å². The molecule has 0 radical (unpaired) electrons. The van der Waals surface area contributed by atoms with E-state index in [0.717, 1.165) is 0 Å². The van der Waals surface area contributed by atoms with E-state index in [1.807, 2.05) is 0 Å². The zero-order valence-electron chi connectivity index (χ0n) is 16.3. The van der Waals surface area contributed by atoms with Crippen molar-refractivity contribution in [1.82, 2.24) is 5.32 Å². The van der Waals surface area contributed by atoms with Crippen LogP contribution in [0.1, 0.15) is 27.7 Å². The van der Waals surface area contributed by atoms with E-state index in [9.17, 15) is 14.7 Å². The molecule has 9 nitrogen and oxygen atoms in total. The molecule has 28 heavy (non-hydrogen) atoms. The first-order chi connectivity index (χ1) is 13.1. The number of benzene rings is 1. The Hall–Kier alpha value is -2.20. The second-order valence-corrected chi connectivity index (χ2v) is 7.38. The summed E-state index contributed by atoms with van der Waals surface area (Å²) in [4.78, 5) is 22.8. The van der Waals surface area contributed by atoms with E-state index in [-0.39, 0.29) is 18.4 Å². The number of carbonyl (C=O) groups excluding carboxylic acids is 2. The quantitative estimate of drug-likeness (QED) is 0.691. The lowest BCUT2D eigenvalue weighted by atomic mass is 9.95. The van der Waals surface area contributed by atoms with Crippen LogP contribution in [0.2, 0.25) is 0 Å². The Balaban J connectivity index is 1.76. The summed E-state index contributed by atoms with van der Waals surface area (Å²) in [6, 6.07) is 5.86. The molecule has 0 unspecified atom stereocenters. The largest absolute Gasteiger partial charge is 0.463 e. The van der Waals surface area contributed by atoms with Crippen LogP contribution in [0.25, 0.3) is 0 Å². The fourth-order valence-electron chi connectivity index (χ4n) is 3.29. The fraction of sp³-hybridized carbons (Fsp3) is 0.579. The predicted octanol–water partition coefficient (Wildman–Crippen LogP) is 0.766. The minimum Gasteiger partial charge on any atom is -0.463 e. The number of carbonyl (C=O) groups is 2. The van der Waals surface area contributed by atoms with Gasteiger partial charge in [-0.3, -0.25) is 9.59 Å². The van der Waals surface area contributed by atoms with Gasteiger partial charge in [0.05, 0.1) is 6.61 Å². The zero-order valence-corrected chi connectivity index (χ0v) is 16.3. The molecular formula is C19H26N2O7. The third-order valence-electron chi connectivity index (χ3n) is 4.49. The van der Waals surface area contributed by atoms with Gasteiger partial charge in [0, 0.05) is 19.5 Å². The van der Waals surface area contributed by atoms with Gasteiger partial charge in [-0.15, -0.1) is 0 Å². The third-order valence-corrected chi connectivity index (χ3v) is 4.49. The second-order valence-electron chi connectivity index (χ2n) is 7.38. The molecule has 0 bridgehead atoms. The summed E-state index contributed by atoms with van der Waals surface area (Å²) in [7, 11) is 0. The standard InChI is InChI=1S/C19H26N2O7/c1-10(22)20-12-5-7-13(8-6-12)26-18-15(21-11(2)23)16(24)17-14(27-18)9-25-19(3,4)28-17/h5-8,14-18,24H,9H2,1-4H3,(H,20,22)(H,21,23)/t14-,15-,16+,17+,18+/m1/s1. The van der Waals surface area contributed by atoms with Gasteiger partial charge in [-0.25, -0.2) is 0 Å². The van der Waals surface area contributed by atoms with E-state index in [2.05, 4.69) is 10.6 Å². The van der Waals surface area contributed by atoms with E-state index in [1.54, 1.807) is 38.1 Å². The second kappa shape index (κ2) is 8.04. The normalized spacial score (nSPS) is 31.4. The third kappa shape index (κ3) is 4.79. The highest BCUT2D eigenvalue weighted by Gasteiger charge is 2.52. The molecule has 1 aromatic rings. The maximum absolute atomic E-state index is 11.7. The highest BCUT2D eigenvalue weighted by Crippen LogP contribution is 2.33. The van der Waals surface area contributed by atoms with Gasteiger partial charge in [-0.1, -0.05) is 0 Å². The summed E-state index contributed by atoms with van der Waals surface area (Å²) in [5.74, 6) is -0.908. The summed E-state index contributed by atoms with van der Waals surface area (Å²) < 4.78 is 23.2. The molecule has 0 aromatic heterocycles. The average molecular weight is 394 g/mol. The van der Waals surface area contributed by atoms with Gasteiger partial charge in [-0.05, 0) is 38.1 Å². The molecule has 5 atom stereocenters. The first-order valence-corrected chi connectivity index (χ1v) is 9.11. The Morgan fingerprint density at radius 1 is 1.18 bits per heavy atom. The minimum atomic E-state index is -1.05. The van der Waals surface area contributed by atoms with Gasteiger partial charge >= 0.3 is 0 Å². The topological polar surface area (TPSA) is 115 Å². The van der Waals surface area contributed by atoms with Gasteiger partial charge in [0.1, 0.15) is 30.1 Å². The van der Waals surface area contributed by atoms with Gasteiger partial charge in [0.2, 0.25) is 18.1 Å². The van der Waals surface area contributed by atoms with Gasteiger partial charge in [0.25, 0.3) is 0 Å². The first-order valence-electron chi connectivity index (χ1n) is 9.11. The van der Waals surface area contributed by atoms with Crippen LogP contribution in [-0.4, -0.2) is 60.0 Å². The van der Waals surface area contributed by atoms with E-state index in [1.165, 1.54) is 13.8 Å². The van der Waals surface area contributed by atoms with Crippen LogP contribution in [0.3, 0.4) is 0 Å². The number of nitrogens with one attached hydrogen (secondary N) is 2. The van der Waals surface area contributed by atoms with Crippen LogP contribution in [0, 0.1) is 0 Å². The molecule has 1 aromatic carbocycles. The predicted molar refractivity (Wildman–Crippen MR) is 98.6 cm³/mol. The van der Waals surface area contributed by atoms with Crippen molar-refractivity contribution in [1.29, 1.82) is 0 Å². The molecule has 2 aliphatic heterocycles. The van der Waals surface area contributed by atoms with Crippen LogP contribution in [0.15, 0.2) is 24.3 Å². The van der Waals surface area contributed by atoms with E-state index in [4.69, 9.17) is 18.9 Å². The molecule has 154 valence electrons. The Labute approximate surface area is 163 Å². The number of aliphatic hydroxyl groups is 1. The molecule has 2 heterocycles. The zero-order chi connectivity index (χ0) is 20.5. The average Bonchev–Trinajstić information content (AvgIpc) is 2.60. The van der Waals surface area contributed by atoms with Crippen LogP contribution < -0.4 is 15.4 Å². The summed E-state index contributed by atoms with van der Waals surface area (Å²) in [6.07, 6.45) is -3.20. The number of rotatable bonds is 4. The Morgan fingerprint density at radius 3 is 2.46 bits per heavy atom. The number of hydrogen-bond acceptors (Lipinski definition) is 7. The van der Waals surface area contributed by atoms with Crippen molar-refractivity contribution in [2.45, 2.75) is 64.1 Å². The van der Waals surface area contributed by atoms with Crippen molar-refractivity contribution in [3.05, 3.63) is 24.3 Å². The van der Waals surface area contributed by atoms with E-state index in [0.29, 0.717) is 11.4 Å². The van der Waals surface area contributed by atoms with E-state index < -0.39 is 36.4 Å². The maximum atomic E-state index is 11.7. The number of fused-ring (bicyclic) bond motifs is 1. The summed E-state index contributed by atoms with van der Waals surface area (Å²) in [6.45, 7) is 6.51. The molecular weight excluding hydrogens is 368 g/mol. The molecule has 3 N–H and O–H groups in total. The summed E-state index contributed by atoms with van der Waals surface area (Å²) >= 11 is 0. The molecule has 2 saturated heterocycles. The molecule has 0 aliphatic carbocycles. The Morgan fingerprint density at radius 2 is 1.86 bits per heavy atom. The van der Waals surface area contributed by atoms with Crippen molar-refractivity contribution >= 4 is 17.5 Å². The van der Waals surface area contributed by atoms with Crippen LogP contribution in [0.4, 0.5) is 5.69 Å². The van der Waals surface area contributed by atoms with Crippen molar-refractivity contribution < 1.29 is 33.6 Å².